The molecule has 1 aliphatic carbocycles. The number of aromatic carboxylic acids is 1. The van der Waals surface area contributed by atoms with Crippen molar-refractivity contribution in [2.45, 2.75) is 38.3 Å². The van der Waals surface area contributed by atoms with Gasteiger partial charge >= 0.3 is 5.97 Å². The molecule has 1 aromatic rings. The van der Waals surface area contributed by atoms with E-state index in [1.165, 1.54) is 19.3 Å². The van der Waals surface area contributed by atoms with Crippen LogP contribution in [0, 0.1) is 6.92 Å². The second-order valence-electron chi connectivity index (χ2n) is 6.13. The Morgan fingerprint density at radius 2 is 2.05 bits per heavy atom. The third kappa shape index (κ3) is 2.88. The van der Waals surface area contributed by atoms with Crippen molar-refractivity contribution in [3.8, 4) is 0 Å². The number of hydrogen-bond acceptors (Lipinski definition) is 4. The molecule has 1 fully saturated rings. The van der Waals surface area contributed by atoms with Gasteiger partial charge in [0.25, 0.3) is 0 Å². The van der Waals surface area contributed by atoms with Crippen molar-refractivity contribution in [2.75, 3.05) is 27.7 Å². The average molecular weight is 280 g/mol. The zero-order chi connectivity index (χ0) is 14.9. The number of hydrogen-bond donors (Lipinski definition) is 1. The van der Waals surface area contributed by atoms with Gasteiger partial charge in [-0.25, -0.2) is 4.79 Å². The predicted molar refractivity (Wildman–Crippen MR) is 77.0 cm³/mol. The maximum absolute atomic E-state index is 11.0. The molecule has 0 aliphatic heterocycles. The van der Waals surface area contributed by atoms with Crippen LogP contribution >= 0.6 is 0 Å². The van der Waals surface area contributed by atoms with Crippen LogP contribution in [0.15, 0.2) is 10.5 Å². The van der Waals surface area contributed by atoms with E-state index in [2.05, 4.69) is 30.9 Å². The third-order valence-electron chi connectivity index (χ3n) is 4.42. The Labute approximate surface area is 120 Å². The molecule has 1 aromatic heterocycles. The molecule has 5 nitrogen and oxygen atoms in total. The molecule has 0 amide bonds. The van der Waals surface area contributed by atoms with Crippen LogP contribution in [0.2, 0.25) is 0 Å². The van der Waals surface area contributed by atoms with Crippen LogP contribution in [0.3, 0.4) is 0 Å². The Kier molecular flexibility index (Phi) is 4.20. The number of carboxylic acid groups (broad SMARTS) is 1. The highest BCUT2D eigenvalue weighted by atomic mass is 16.4. The topological polar surface area (TPSA) is 56.9 Å². The summed E-state index contributed by atoms with van der Waals surface area (Å²) in [6.45, 7) is 3.31. The summed E-state index contributed by atoms with van der Waals surface area (Å²) in [5.41, 5.74) is 0.533. The van der Waals surface area contributed by atoms with E-state index in [1.807, 2.05) is 0 Å². The lowest BCUT2D eigenvalue weighted by Crippen LogP contribution is -2.56. The van der Waals surface area contributed by atoms with Gasteiger partial charge in [0.1, 0.15) is 17.1 Å². The maximum Gasteiger partial charge on any atom is 0.339 e. The van der Waals surface area contributed by atoms with Crippen LogP contribution in [0.4, 0.5) is 0 Å². The first-order valence-electron chi connectivity index (χ1n) is 7.03. The van der Waals surface area contributed by atoms with Gasteiger partial charge in [0.2, 0.25) is 0 Å². The quantitative estimate of drug-likeness (QED) is 0.865. The summed E-state index contributed by atoms with van der Waals surface area (Å²) >= 11 is 0. The molecule has 20 heavy (non-hydrogen) atoms. The largest absolute Gasteiger partial charge is 0.478 e. The monoisotopic (exact) mass is 280 g/mol. The average Bonchev–Trinajstić information content (AvgIpc) is 2.64. The first-order chi connectivity index (χ1) is 9.34. The first-order valence-corrected chi connectivity index (χ1v) is 7.03. The van der Waals surface area contributed by atoms with Crippen molar-refractivity contribution in [1.82, 2.24) is 9.80 Å². The Bertz CT molecular complexity index is 489. The van der Waals surface area contributed by atoms with Gasteiger partial charge in [-0.1, -0.05) is 0 Å². The SMILES string of the molecule is Cc1oc(CN(C)CC2(N(C)C)CCC2)cc1C(=O)O. The lowest BCUT2D eigenvalue weighted by molar-refractivity contribution is 0.0243. The summed E-state index contributed by atoms with van der Waals surface area (Å²) in [7, 11) is 6.32. The molecule has 1 aliphatic rings. The Morgan fingerprint density at radius 1 is 1.40 bits per heavy atom. The zero-order valence-electron chi connectivity index (χ0n) is 12.8. The van der Waals surface area contributed by atoms with Crippen LogP contribution in [-0.4, -0.2) is 54.1 Å². The van der Waals surface area contributed by atoms with Crippen molar-refractivity contribution in [3.05, 3.63) is 23.2 Å². The van der Waals surface area contributed by atoms with Crippen LogP contribution < -0.4 is 0 Å². The van der Waals surface area contributed by atoms with Crippen molar-refractivity contribution in [1.29, 1.82) is 0 Å². The second-order valence-corrected chi connectivity index (χ2v) is 6.13. The molecule has 5 heteroatoms. The van der Waals surface area contributed by atoms with Crippen LogP contribution in [-0.2, 0) is 6.54 Å². The summed E-state index contributed by atoms with van der Waals surface area (Å²) in [6.07, 6.45) is 3.73. The smallest absolute Gasteiger partial charge is 0.339 e. The first kappa shape index (κ1) is 15.1. The van der Waals surface area contributed by atoms with E-state index in [0.717, 1.165) is 12.3 Å². The standard InChI is InChI=1S/C15H24N2O3/c1-11-13(14(18)19)8-12(20-11)9-17(4)10-15(16(2)3)6-5-7-15/h8H,5-7,9-10H2,1-4H3,(H,18,19). The minimum Gasteiger partial charge on any atom is -0.478 e. The molecule has 0 bridgehead atoms. The van der Waals surface area contributed by atoms with E-state index >= 15 is 0 Å². The molecule has 1 N–H and O–H groups in total. The predicted octanol–water partition coefficient (Wildman–Crippen LogP) is 2.20. The van der Waals surface area contributed by atoms with E-state index in [0.29, 0.717) is 12.3 Å². The van der Waals surface area contributed by atoms with Gasteiger partial charge in [0.15, 0.2) is 0 Å². The minimum atomic E-state index is -0.927. The Morgan fingerprint density at radius 3 is 2.45 bits per heavy atom. The summed E-state index contributed by atoms with van der Waals surface area (Å²) < 4.78 is 5.54. The number of aryl methyl sites for hydroxylation is 1. The molecular weight excluding hydrogens is 256 g/mol. The van der Waals surface area contributed by atoms with Gasteiger partial charge in [-0.3, -0.25) is 4.90 Å². The lowest BCUT2D eigenvalue weighted by atomic mass is 9.75. The Hall–Kier alpha value is -1.33. The fraction of sp³-hybridized carbons (Fsp3) is 0.667. The number of furan rings is 1. The third-order valence-corrected chi connectivity index (χ3v) is 4.42. The maximum atomic E-state index is 11.0. The molecule has 1 heterocycles. The van der Waals surface area contributed by atoms with Gasteiger partial charge < -0.3 is 14.4 Å². The number of likely N-dealkylation sites (N-methyl/N-ethyl adjacent to an activating group) is 2. The normalized spacial score (nSPS) is 17.5. The second kappa shape index (κ2) is 5.58. The molecule has 0 unspecified atom stereocenters. The minimum absolute atomic E-state index is 0.263. The molecule has 2 rings (SSSR count). The molecule has 0 aromatic carbocycles. The highest BCUT2D eigenvalue weighted by Gasteiger charge is 2.39. The number of carbonyl (C=O) groups is 1. The van der Waals surface area contributed by atoms with Crippen molar-refractivity contribution in [2.24, 2.45) is 0 Å². The van der Waals surface area contributed by atoms with Gasteiger partial charge in [-0.15, -0.1) is 0 Å². The summed E-state index contributed by atoms with van der Waals surface area (Å²) in [4.78, 5) is 15.5. The molecule has 1 saturated carbocycles. The summed E-state index contributed by atoms with van der Waals surface area (Å²) in [5.74, 6) is 0.270. The van der Waals surface area contributed by atoms with Crippen LogP contribution in [0.5, 0.6) is 0 Å². The van der Waals surface area contributed by atoms with Crippen molar-refractivity contribution < 1.29 is 14.3 Å². The molecule has 0 atom stereocenters. The van der Waals surface area contributed by atoms with Crippen LogP contribution in [0.25, 0.3) is 0 Å². The van der Waals surface area contributed by atoms with Gasteiger partial charge in [-0.2, -0.15) is 0 Å². The molecule has 112 valence electrons. The van der Waals surface area contributed by atoms with E-state index in [4.69, 9.17) is 9.52 Å². The number of carboxylic acids is 1. The molecule has 0 spiro atoms. The summed E-state index contributed by atoms with van der Waals surface area (Å²) in [5, 5.41) is 9.04. The van der Waals surface area contributed by atoms with E-state index < -0.39 is 5.97 Å². The van der Waals surface area contributed by atoms with Crippen molar-refractivity contribution in [3.63, 3.8) is 0 Å². The van der Waals surface area contributed by atoms with Crippen LogP contribution in [0.1, 0.15) is 41.1 Å². The van der Waals surface area contributed by atoms with Gasteiger partial charge in [-0.05, 0) is 53.4 Å². The summed E-state index contributed by atoms with van der Waals surface area (Å²) in [6, 6.07) is 1.64. The Balaban J connectivity index is 1.99. The van der Waals surface area contributed by atoms with Gasteiger partial charge in [0, 0.05) is 12.1 Å². The number of rotatable bonds is 6. The lowest BCUT2D eigenvalue weighted by Gasteiger charge is -2.49. The fourth-order valence-corrected chi connectivity index (χ4v) is 2.99. The number of nitrogens with zero attached hydrogens (tertiary/aromatic N) is 2. The fourth-order valence-electron chi connectivity index (χ4n) is 2.99. The molecule has 0 radical (unpaired) electrons. The highest BCUT2D eigenvalue weighted by Crippen LogP contribution is 2.36. The van der Waals surface area contributed by atoms with E-state index in [1.54, 1.807) is 13.0 Å². The molecule has 0 saturated heterocycles. The van der Waals surface area contributed by atoms with Crippen molar-refractivity contribution >= 4 is 5.97 Å². The zero-order valence-corrected chi connectivity index (χ0v) is 12.8. The molecular formula is C15H24N2O3. The van der Waals surface area contributed by atoms with E-state index in [-0.39, 0.29) is 11.1 Å². The van der Waals surface area contributed by atoms with Gasteiger partial charge in [0.05, 0.1) is 6.54 Å². The highest BCUT2D eigenvalue weighted by molar-refractivity contribution is 5.88. The van der Waals surface area contributed by atoms with E-state index in [9.17, 15) is 4.79 Å².